The minimum atomic E-state index is -0.350. The fourth-order valence-corrected chi connectivity index (χ4v) is 3.29. The monoisotopic (exact) mass is 363 g/mol. The normalized spacial score (nSPS) is 14.0. The van der Waals surface area contributed by atoms with Gasteiger partial charge in [0.2, 0.25) is 5.91 Å². The Balaban J connectivity index is 1.44. The van der Waals surface area contributed by atoms with Crippen molar-refractivity contribution >= 4 is 34.1 Å². The Morgan fingerprint density at radius 2 is 1.70 bits per heavy atom. The number of carbonyl (C=O) groups excluding carboxylic acids is 2. The number of hydrogen-bond donors (Lipinski definition) is 1. The number of benzene rings is 3. The van der Waals surface area contributed by atoms with E-state index in [0.717, 1.165) is 16.5 Å². The zero-order chi connectivity index (χ0) is 18.8. The first kappa shape index (κ1) is 17.0. The lowest BCUT2D eigenvalue weighted by Gasteiger charge is -2.18. The van der Waals surface area contributed by atoms with Crippen LogP contribution in [0.5, 0.6) is 0 Å². The third-order valence-electron chi connectivity index (χ3n) is 4.63. The minimum absolute atomic E-state index is 0.0280. The summed E-state index contributed by atoms with van der Waals surface area (Å²) >= 11 is 0. The molecule has 0 spiro atoms. The largest absolute Gasteiger partial charge is 0.325 e. The molecule has 1 heterocycles. The Morgan fingerprint density at radius 3 is 2.52 bits per heavy atom. The molecule has 0 radical (unpaired) electrons. The number of fused-ring (bicyclic) bond motifs is 1. The molecule has 4 rings (SSSR count). The van der Waals surface area contributed by atoms with Gasteiger partial charge in [-0.1, -0.05) is 36.4 Å². The highest BCUT2D eigenvalue weighted by molar-refractivity contribution is 6.04. The number of carbonyl (C=O) groups is 2. The Morgan fingerprint density at radius 1 is 0.963 bits per heavy atom. The van der Waals surface area contributed by atoms with Gasteiger partial charge in [-0.25, -0.2) is 9.18 Å². The summed E-state index contributed by atoms with van der Waals surface area (Å²) in [6, 6.07) is 19.0. The van der Waals surface area contributed by atoms with Crippen LogP contribution < -0.4 is 10.2 Å². The third kappa shape index (κ3) is 3.46. The van der Waals surface area contributed by atoms with Crippen molar-refractivity contribution < 1.29 is 14.0 Å². The zero-order valence-corrected chi connectivity index (χ0v) is 14.6. The molecule has 3 amide bonds. The summed E-state index contributed by atoms with van der Waals surface area (Å²) in [6.45, 7) is 0.880. The molecular formula is C21H18FN3O2. The Labute approximate surface area is 156 Å². The van der Waals surface area contributed by atoms with E-state index in [1.165, 1.54) is 17.0 Å². The second-order valence-electron chi connectivity index (χ2n) is 6.41. The summed E-state index contributed by atoms with van der Waals surface area (Å²) in [6.07, 6.45) is 0. The predicted molar refractivity (Wildman–Crippen MR) is 103 cm³/mol. The Kier molecular flexibility index (Phi) is 4.46. The number of hydrogen-bond acceptors (Lipinski definition) is 2. The average molecular weight is 363 g/mol. The summed E-state index contributed by atoms with van der Waals surface area (Å²) in [5, 5.41) is 4.88. The van der Waals surface area contributed by atoms with Gasteiger partial charge in [0.1, 0.15) is 12.4 Å². The van der Waals surface area contributed by atoms with E-state index in [0.29, 0.717) is 18.8 Å². The molecule has 1 aliphatic rings. The standard InChI is InChI=1S/C21H18FN3O2/c22-16-8-10-17(11-9-16)25-13-12-24(21(25)27)14-20(26)23-19-7-3-5-15-4-1-2-6-18(15)19/h1-11H,12-14H2,(H,23,26). The maximum atomic E-state index is 13.1. The second-order valence-corrected chi connectivity index (χ2v) is 6.41. The zero-order valence-electron chi connectivity index (χ0n) is 14.6. The molecule has 0 aliphatic carbocycles. The van der Waals surface area contributed by atoms with Gasteiger partial charge in [0.05, 0.1) is 0 Å². The van der Waals surface area contributed by atoms with Crippen LogP contribution in [0.3, 0.4) is 0 Å². The molecule has 0 saturated carbocycles. The van der Waals surface area contributed by atoms with Crippen LogP contribution in [-0.2, 0) is 4.79 Å². The molecule has 1 saturated heterocycles. The van der Waals surface area contributed by atoms with Crippen molar-refractivity contribution in [2.75, 3.05) is 29.9 Å². The number of amides is 3. The summed E-state index contributed by atoms with van der Waals surface area (Å²) < 4.78 is 13.1. The van der Waals surface area contributed by atoms with Gasteiger partial charge in [0.15, 0.2) is 0 Å². The van der Waals surface area contributed by atoms with Crippen LogP contribution in [0.15, 0.2) is 66.7 Å². The summed E-state index contributed by atoms with van der Waals surface area (Å²) in [5.74, 6) is -0.600. The van der Waals surface area contributed by atoms with Crippen LogP contribution in [-0.4, -0.2) is 36.5 Å². The molecular weight excluding hydrogens is 345 g/mol. The van der Waals surface area contributed by atoms with Crippen molar-refractivity contribution in [3.63, 3.8) is 0 Å². The van der Waals surface area contributed by atoms with E-state index in [-0.39, 0.29) is 24.3 Å². The molecule has 1 N–H and O–H groups in total. The third-order valence-corrected chi connectivity index (χ3v) is 4.63. The number of rotatable bonds is 4. The molecule has 3 aromatic rings. The highest BCUT2D eigenvalue weighted by Crippen LogP contribution is 2.24. The molecule has 0 unspecified atom stereocenters. The SMILES string of the molecule is O=C(CN1CCN(c2ccc(F)cc2)C1=O)Nc1cccc2ccccc12. The van der Waals surface area contributed by atoms with Gasteiger partial charge in [0.25, 0.3) is 0 Å². The van der Waals surface area contributed by atoms with Crippen molar-refractivity contribution in [2.24, 2.45) is 0 Å². The van der Waals surface area contributed by atoms with Crippen LogP contribution in [0.25, 0.3) is 10.8 Å². The predicted octanol–water partition coefficient (Wildman–Crippen LogP) is 3.86. The molecule has 1 fully saturated rings. The van der Waals surface area contributed by atoms with E-state index in [1.807, 2.05) is 42.5 Å². The maximum absolute atomic E-state index is 13.1. The fourth-order valence-electron chi connectivity index (χ4n) is 3.29. The van der Waals surface area contributed by atoms with E-state index in [2.05, 4.69) is 5.32 Å². The number of halogens is 1. The van der Waals surface area contributed by atoms with Gasteiger partial charge < -0.3 is 10.2 Å². The summed E-state index contributed by atoms with van der Waals surface area (Å²) in [5.41, 5.74) is 1.35. The first-order chi connectivity index (χ1) is 13.1. The fraction of sp³-hybridized carbons (Fsp3) is 0.143. The van der Waals surface area contributed by atoms with Crippen molar-refractivity contribution in [2.45, 2.75) is 0 Å². The topological polar surface area (TPSA) is 52.7 Å². The van der Waals surface area contributed by atoms with E-state index in [1.54, 1.807) is 17.0 Å². The molecule has 1 aliphatic heterocycles. The number of nitrogens with one attached hydrogen (secondary N) is 1. The van der Waals surface area contributed by atoms with Crippen LogP contribution in [0, 0.1) is 5.82 Å². The molecule has 5 nitrogen and oxygen atoms in total. The van der Waals surface area contributed by atoms with Crippen molar-refractivity contribution in [1.82, 2.24) is 4.90 Å². The van der Waals surface area contributed by atoms with Crippen LogP contribution >= 0.6 is 0 Å². The summed E-state index contributed by atoms with van der Waals surface area (Å²) in [4.78, 5) is 28.1. The van der Waals surface area contributed by atoms with Gasteiger partial charge in [-0.3, -0.25) is 9.69 Å². The molecule has 3 aromatic carbocycles. The molecule has 136 valence electrons. The lowest BCUT2D eigenvalue weighted by Crippen LogP contribution is -2.37. The van der Waals surface area contributed by atoms with Gasteiger partial charge >= 0.3 is 6.03 Å². The van der Waals surface area contributed by atoms with Gasteiger partial charge in [-0.2, -0.15) is 0 Å². The van der Waals surface area contributed by atoms with Gasteiger partial charge in [-0.15, -0.1) is 0 Å². The van der Waals surface area contributed by atoms with Crippen LogP contribution in [0.4, 0.5) is 20.6 Å². The van der Waals surface area contributed by atoms with Gasteiger partial charge in [-0.05, 0) is 35.7 Å². The van der Waals surface area contributed by atoms with Crippen molar-refractivity contribution in [1.29, 1.82) is 0 Å². The molecule has 0 atom stereocenters. The second kappa shape index (κ2) is 7.07. The first-order valence-electron chi connectivity index (χ1n) is 8.71. The van der Waals surface area contributed by atoms with Crippen LogP contribution in [0.1, 0.15) is 0 Å². The Hall–Kier alpha value is -3.41. The highest BCUT2D eigenvalue weighted by Gasteiger charge is 2.30. The highest BCUT2D eigenvalue weighted by atomic mass is 19.1. The van der Waals surface area contributed by atoms with Crippen LogP contribution in [0.2, 0.25) is 0 Å². The van der Waals surface area contributed by atoms with Gasteiger partial charge in [0, 0.05) is 29.9 Å². The Bertz CT molecular complexity index is 998. The lowest BCUT2D eigenvalue weighted by atomic mass is 10.1. The summed E-state index contributed by atoms with van der Waals surface area (Å²) in [7, 11) is 0. The number of urea groups is 1. The molecule has 27 heavy (non-hydrogen) atoms. The van der Waals surface area contributed by atoms with E-state index in [4.69, 9.17) is 0 Å². The van der Waals surface area contributed by atoms with Crippen molar-refractivity contribution in [3.8, 4) is 0 Å². The van der Waals surface area contributed by atoms with E-state index < -0.39 is 0 Å². The quantitative estimate of drug-likeness (QED) is 0.765. The van der Waals surface area contributed by atoms with Crippen molar-refractivity contribution in [3.05, 3.63) is 72.5 Å². The lowest BCUT2D eigenvalue weighted by molar-refractivity contribution is -0.116. The smallest absolute Gasteiger partial charge is 0.324 e. The minimum Gasteiger partial charge on any atom is -0.324 e. The molecule has 0 bridgehead atoms. The number of nitrogens with zero attached hydrogens (tertiary/aromatic N) is 2. The number of anilines is 2. The average Bonchev–Trinajstić information content (AvgIpc) is 3.03. The van der Waals surface area contributed by atoms with E-state index in [9.17, 15) is 14.0 Å². The molecule has 0 aromatic heterocycles. The first-order valence-corrected chi connectivity index (χ1v) is 8.71. The van der Waals surface area contributed by atoms with E-state index >= 15 is 0 Å². The molecule has 6 heteroatoms. The maximum Gasteiger partial charge on any atom is 0.325 e.